The average molecular weight is 224 g/mol. The number of ether oxygens (including phenoxy) is 1. The van der Waals surface area contributed by atoms with Gasteiger partial charge in [-0.1, -0.05) is 0 Å². The van der Waals surface area contributed by atoms with Crippen LogP contribution in [0.25, 0.3) is 0 Å². The van der Waals surface area contributed by atoms with Crippen molar-refractivity contribution in [3.05, 3.63) is 24.0 Å². The van der Waals surface area contributed by atoms with E-state index in [1.165, 1.54) is 12.1 Å². The quantitative estimate of drug-likeness (QED) is 0.797. The molecule has 0 radical (unpaired) electrons. The number of anilines is 2. The van der Waals surface area contributed by atoms with E-state index in [1.54, 1.807) is 7.11 Å². The summed E-state index contributed by atoms with van der Waals surface area (Å²) in [6.07, 6.45) is 1.09. The normalized spacial score (nSPS) is 20.4. The van der Waals surface area contributed by atoms with Crippen LogP contribution in [0.4, 0.5) is 15.8 Å². The molecule has 0 spiro atoms. The third-order valence-corrected chi connectivity index (χ3v) is 2.96. The van der Waals surface area contributed by atoms with Crippen LogP contribution in [0.15, 0.2) is 18.2 Å². The minimum atomic E-state index is -0.273. The molecule has 1 aliphatic heterocycles. The summed E-state index contributed by atoms with van der Waals surface area (Å²) in [6.45, 7) is 2.62. The first-order chi connectivity index (χ1) is 7.69. The van der Waals surface area contributed by atoms with Gasteiger partial charge in [-0.15, -0.1) is 0 Å². The highest BCUT2D eigenvalue weighted by atomic mass is 19.1. The Balaban J connectivity index is 2.08. The van der Waals surface area contributed by atoms with Gasteiger partial charge in [0.25, 0.3) is 0 Å². The predicted octanol–water partition coefficient (Wildman–Crippen LogP) is 1.88. The van der Waals surface area contributed by atoms with Crippen LogP contribution in [0.3, 0.4) is 0 Å². The van der Waals surface area contributed by atoms with Gasteiger partial charge in [-0.25, -0.2) is 4.39 Å². The molecule has 4 heteroatoms. The molecule has 1 aromatic rings. The molecule has 1 aliphatic rings. The smallest absolute Gasteiger partial charge is 0.127 e. The van der Waals surface area contributed by atoms with Crippen molar-refractivity contribution in [2.75, 3.05) is 37.4 Å². The summed E-state index contributed by atoms with van der Waals surface area (Å²) in [5, 5.41) is 0. The van der Waals surface area contributed by atoms with Crippen LogP contribution in [0.1, 0.15) is 6.42 Å². The molecule has 0 saturated carbocycles. The van der Waals surface area contributed by atoms with Crippen LogP contribution in [-0.2, 0) is 4.74 Å². The van der Waals surface area contributed by atoms with Gasteiger partial charge in [-0.05, 0) is 24.6 Å². The largest absolute Gasteiger partial charge is 0.399 e. The molecule has 0 aliphatic carbocycles. The SMILES string of the molecule is COCC1CCN(c2cc(N)cc(F)c2)C1. The van der Waals surface area contributed by atoms with Crippen molar-refractivity contribution in [3.63, 3.8) is 0 Å². The third-order valence-electron chi connectivity index (χ3n) is 2.96. The zero-order valence-electron chi connectivity index (χ0n) is 9.45. The number of halogens is 1. The highest BCUT2D eigenvalue weighted by molar-refractivity contribution is 5.56. The Labute approximate surface area is 95.0 Å². The average Bonchev–Trinajstić information content (AvgIpc) is 2.65. The number of nitrogen functional groups attached to an aromatic ring is 1. The van der Waals surface area contributed by atoms with Crippen LogP contribution in [-0.4, -0.2) is 26.8 Å². The first-order valence-electron chi connectivity index (χ1n) is 5.49. The molecule has 2 rings (SSSR count). The Morgan fingerprint density at radius 2 is 2.31 bits per heavy atom. The summed E-state index contributed by atoms with van der Waals surface area (Å²) in [6, 6.07) is 4.69. The fourth-order valence-corrected chi connectivity index (χ4v) is 2.22. The van der Waals surface area contributed by atoms with Crippen molar-refractivity contribution in [2.45, 2.75) is 6.42 Å². The number of hydrogen-bond donors (Lipinski definition) is 1. The van der Waals surface area contributed by atoms with E-state index in [4.69, 9.17) is 10.5 Å². The van der Waals surface area contributed by atoms with Crippen LogP contribution in [0.5, 0.6) is 0 Å². The first kappa shape index (κ1) is 11.2. The van der Waals surface area contributed by atoms with Crippen molar-refractivity contribution in [1.82, 2.24) is 0 Å². The Morgan fingerprint density at radius 3 is 3.00 bits per heavy atom. The minimum absolute atomic E-state index is 0.273. The Morgan fingerprint density at radius 1 is 1.50 bits per heavy atom. The van der Waals surface area contributed by atoms with Gasteiger partial charge in [0.2, 0.25) is 0 Å². The number of nitrogens with two attached hydrogens (primary N) is 1. The second-order valence-electron chi connectivity index (χ2n) is 4.30. The molecule has 16 heavy (non-hydrogen) atoms. The molecule has 1 atom stereocenters. The molecule has 1 saturated heterocycles. The number of nitrogens with zero attached hydrogens (tertiary/aromatic N) is 1. The molecule has 1 fully saturated rings. The second kappa shape index (κ2) is 4.70. The topological polar surface area (TPSA) is 38.5 Å². The number of hydrogen-bond acceptors (Lipinski definition) is 3. The van der Waals surface area contributed by atoms with Crippen molar-refractivity contribution in [3.8, 4) is 0 Å². The maximum Gasteiger partial charge on any atom is 0.127 e. The van der Waals surface area contributed by atoms with E-state index in [2.05, 4.69) is 4.90 Å². The molecular weight excluding hydrogens is 207 g/mol. The minimum Gasteiger partial charge on any atom is -0.399 e. The van der Waals surface area contributed by atoms with Crippen molar-refractivity contribution >= 4 is 11.4 Å². The third kappa shape index (κ3) is 2.44. The van der Waals surface area contributed by atoms with E-state index in [1.807, 2.05) is 6.07 Å². The van der Waals surface area contributed by atoms with E-state index in [9.17, 15) is 4.39 Å². The van der Waals surface area contributed by atoms with Gasteiger partial charge in [-0.2, -0.15) is 0 Å². The molecule has 3 nitrogen and oxygen atoms in total. The van der Waals surface area contributed by atoms with Crippen LogP contribution in [0.2, 0.25) is 0 Å². The fourth-order valence-electron chi connectivity index (χ4n) is 2.22. The van der Waals surface area contributed by atoms with E-state index in [0.717, 1.165) is 31.8 Å². The highest BCUT2D eigenvalue weighted by Crippen LogP contribution is 2.26. The second-order valence-corrected chi connectivity index (χ2v) is 4.30. The molecule has 0 amide bonds. The lowest BCUT2D eigenvalue weighted by Crippen LogP contribution is -2.21. The molecule has 88 valence electrons. The summed E-state index contributed by atoms with van der Waals surface area (Å²) in [5.74, 6) is 0.264. The Hall–Kier alpha value is -1.29. The summed E-state index contributed by atoms with van der Waals surface area (Å²) in [4.78, 5) is 2.16. The molecule has 1 unspecified atom stereocenters. The lowest BCUT2D eigenvalue weighted by molar-refractivity contribution is 0.161. The molecule has 2 N–H and O–H groups in total. The van der Waals surface area contributed by atoms with Gasteiger partial charge in [0.05, 0.1) is 6.61 Å². The molecule has 1 heterocycles. The summed E-state index contributed by atoms with van der Waals surface area (Å²) in [5.41, 5.74) is 6.98. The number of rotatable bonds is 3. The number of benzene rings is 1. The summed E-state index contributed by atoms with van der Waals surface area (Å²) >= 11 is 0. The number of methoxy groups -OCH3 is 1. The lowest BCUT2D eigenvalue weighted by atomic mass is 10.1. The maximum atomic E-state index is 13.2. The van der Waals surface area contributed by atoms with Gasteiger partial charge >= 0.3 is 0 Å². The van der Waals surface area contributed by atoms with Gasteiger partial charge < -0.3 is 15.4 Å². The van der Waals surface area contributed by atoms with E-state index in [-0.39, 0.29) is 5.82 Å². The lowest BCUT2D eigenvalue weighted by Gasteiger charge is -2.19. The van der Waals surface area contributed by atoms with E-state index >= 15 is 0 Å². The summed E-state index contributed by atoms with van der Waals surface area (Å²) in [7, 11) is 1.71. The Kier molecular flexibility index (Phi) is 3.29. The van der Waals surface area contributed by atoms with Crippen LogP contribution < -0.4 is 10.6 Å². The van der Waals surface area contributed by atoms with Gasteiger partial charge in [-0.3, -0.25) is 0 Å². The summed E-state index contributed by atoms with van der Waals surface area (Å²) < 4.78 is 18.3. The van der Waals surface area contributed by atoms with Gasteiger partial charge in [0.1, 0.15) is 5.82 Å². The highest BCUT2D eigenvalue weighted by Gasteiger charge is 2.22. The van der Waals surface area contributed by atoms with E-state index < -0.39 is 0 Å². The molecule has 0 aromatic heterocycles. The fraction of sp³-hybridized carbons (Fsp3) is 0.500. The van der Waals surface area contributed by atoms with Gasteiger partial charge in [0.15, 0.2) is 0 Å². The first-order valence-corrected chi connectivity index (χ1v) is 5.49. The van der Waals surface area contributed by atoms with Crippen molar-refractivity contribution in [1.29, 1.82) is 0 Å². The van der Waals surface area contributed by atoms with E-state index in [0.29, 0.717) is 11.6 Å². The van der Waals surface area contributed by atoms with Crippen molar-refractivity contribution in [2.24, 2.45) is 5.92 Å². The van der Waals surface area contributed by atoms with Crippen LogP contribution in [0, 0.1) is 11.7 Å². The zero-order valence-corrected chi connectivity index (χ0v) is 9.45. The molecular formula is C12H17FN2O. The van der Waals surface area contributed by atoms with Crippen LogP contribution >= 0.6 is 0 Å². The van der Waals surface area contributed by atoms with Crippen molar-refractivity contribution < 1.29 is 9.13 Å². The maximum absolute atomic E-state index is 13.2. The molecule has 0 bridgehead atoms. The Bertz CT molecular complexity index is 350. The van der Waals surface area contributed by atoms with Gasteiger partial charge in [0, 0.05) is 37.5 Å². The monoisotopic (exact) mass is 224 g/mol. The standard InChI is InChI=1S/C12H17FN2O/c1-16-8-9-2-3-15(7-9)12-5-10(13)4-11(14)6-12/h4-6,9H,2-3,7-8,14H2,1H3. The molecule has 1 aromatic carbocycles. The zero-order chi connectivity index (χ0) is 11.5. The predicted molar refractivity (Wildman–Crippen MR) is 63.0 cm³/mol.